The van der Waals surface area contributed by atoms with E-state index in [9.17, 15) is 0 Å². The van der Waals surface area contributed by atoms with E-state index < -0.39 is 0 Å². The van der Waals surface area contributed by atoms with E-state index in [4.69, 9.17) is 4.98 Å². The SMILES string of the molecule is CNCc1sc(-c2ncc(C)cc2C)nc1C(C)C. The highest BCUT2D eigenvalue weighted by atomic mass is 32.1. The van der Waals surface area contributed by atoms with Crippen LogP contribution in [0.25, 0.3) is 10.7 Å². The molecule has 0 aliphatic rings. The normalized spacial score (nSPS) is 11.3. The molecule has 0 aliphatic carbocycles. The molecule has 0 amide bonds. The molecule has 2 heterocycles. The first-order valence-electron chi connectivity index (χ1n) is 6.60. The van der Waals surface area contributed by atoms with Crippen molar-refractivity contribution in [3.8, 4) is 10.7 Å². The molecule has 2 aromatic heterocycles. The van der Waals surface area contributed by atoms with Crippen LogP contribution in [-0.4, -0.2) is 17.0 Å². The molecule has 0 unspecified atom stereocenters. The smallest absolute Gasteiger partial charge is 0.142 e. The summed E-state index contributed by atoms with van der Waals surface area (Å²) in [6.07, 6.45) is 1.91. The Labute approximate surface area is 119 Å². The standard InChI is InChI=1S/C15H21N3S/c1-9(2)13-12(8-16-5)19-15(18-13)14-11(4)6-10(3)7-17-14/h6-7,9,16H,8H2,1-5H3. The van der Waals surface area contributed by atoms with Crippen LogP contribution in [-0.2, 0) is 6.54 Å². The molecule has 4 heteroatoms. The first kappa shape index (κ1) is 14.2. The minimum absolute atomic E-state index is 0.444. The van der Waals surface area contributed by atoms with Crippen LogP contribution in [0.4, 0.5) is 0 Å². The number of aromatic nitrogens is 2. The molecule has 19 heavy (non-hydrogen) atoms. The van der Waals surface area contributed by atoms with E-state index >= 15 is 0 Å². The van der Waals surface area contributed by atoms with Crippen LogP contribution < -0.4 is 5.32 Å². The van der Waals surface area contributed by atoms with Gasteiger partial charge in [-0.1, -0.05) is 19.9 Å². The fourth-order valence-corrected chi connectivity index (χ4v) is 3.43. The number of rotatable bonds is 4. The average Bonchev–Trinajstić information content (AvgIpc) is 2.73. The zero-order valence-electron chi connectivity index (χ0n) is 12.2. The Balaban J connectivity index is 2.47. The lowest BCUT2D eigenvalue weighted by molar-refractivity contribution is 0.771. The van der Waals surface area contributed by atoms with E-state index in [0.717, 1.165) is 17.2 Å². The van der Waals surface area contributed by atoms with Crippen LogP contribution in [0.1, 0.15) is 41.5 Å². The van der Waals surface area contributed by atoms with Gasteiger partial charge in [-0.15, -0.1) is 11.3 Å². The third-order valence-corrected chi connectivity index (χ3v) is 4.11. The van der Waals surface area contributed by atoms with Crippen LogP contribution >= 0.6 is 11.3 Å². The minimum Gasteiger partial charge on any atom is -0.315 e. The number of pyridine rings is 1. The predicted octanol–water partition coefficient (Wildman–Crippen LogP) is 3.66. The number of hydrogen-bond acceptors (Lipinski definition) is 4. The molecule has 0 saturated heterocycles. The number of nitrogens with one attached hydrogen (secondary N) is 1. The molecule has 0 saturated carbocycles. The van der Waals surface area contributed by atoms with Crippen molar-refractivity contribution in [2.24, 2.45) is 0 Å². The van der Waals surface area contributed by atoms with Gasteiger partial charge in [-0.25, -0.2) is 4.98 Å². The number of aryl methyl sites for hydroxylation is 2. The molecule has 0 bridgehead atoms. The Morgan fingerprint density at radius 3 is 2.63 bits per heavy atom. The van der Waals surface area contributed by atoms with Crippen molar-refractivity contribution >= 4 is 11.3 Å². The van der Waals surface area contributed by atoms with Crippen molar-refractivity contribution in [3.05, 3.63) is 34.0 Å². The first-order chi connectivity index (χ1) is 9.02. The zero-order valence-corrected chi connectivity index (χ0v) is 13.1. The number of hydrogen-bond donors (Lipinski definition) is 1. The number of nitrogens with zero attached hydrogens (tertiary/aromatic N) is 2. The van der Waals surface area contributed by atoms with Crippen molar-refractivity contribution < 1.29 is 0 Å². The van der Waals surface area contributed by atoms with Crippen molar-refractivity contribution in [1.82, 2.24) is 15.3 Å². The van der Waals surface area contributed by atoms with Gasteiger partial charge >= 0.3 is 0 Å². The largest absolute Gasteiger partial charge is 0.315 e. The van der Waals surface area contributed by atoms with Gasteiger partial charge in [-0.3, -0.25) is 4.98 Å². The van der Waals surface area contributed by atoms with Crippen molar-refractivity contribution in [2.75, 3.05) is 7.05 Å². The molecule has 2 rings (SSSR count). The highest BCUT2D eigenvalue weighted by Crippen LogP contribution is 2.32. The van der Waals surface area contributed by atoms with Gasteiger partial charge < -0.3 is 5.32 Å². The lowest BCUT2D eigenvalue weighted by atomic mass is 10.1. The predicted molar refractivity (Wildman–Crippen MR) is 81.7 cm³/mol. The van der Waals surface area contributed by atoms with Crippen LogP contribution in [0.3, 0.4) is 0 Å². The molecular weight excluding hydrogens is 254 g/mol. The molecule has 0 atom stereocenters. The van der Waals surface area contributed by atoms with Gasteiger partial charge in [0, 0.05) is 17.6 Å². The van der Waals surface area contributed by atoms with E-state index in [1.165, 1.54) is 21.7 Å². The second-order valence-corrected chi connectivity index (χ2v) is 6.27. The summed E-state index contributed by atoms with van der Waals surface area (Å²) < 4.78 is 0. The van der Waals surface area contributed by atoms with Gasteiger partial charge in [-0.05, 0) is 37.9 Å². The summed E-state index contributed by atoms with van der Waals surface area (Å²) in [6, 6.07) is 2.16. The van der Waals surface area contributed by atoms with Crippen LogP contribution in [0, 0.1) is 13.8 Å². The number of thiazole rings is 1. The van der Waals surface area contributed by atoms with E-state index in [0.29, 0.717) is 5.92 Å². The monoisotopic (exact) mass is 275 g/mol. The second-order valence-electron chi connectivity index (χ2n) is 5.19. The average molecular weight is 275 g/mol. The fraction of sp³-hybridized carbons (Fsp3) is 0.467. The molecule has 3 nitrogen and oxygen atoms in total. The topological polar surface area (TPSA) is 37.8 Å². The summed E-state index contributed by atoms with van der Waals surface area (Å²) in [6.45, 7) is 9.41. The third kappa shape index (κ3) is 3.01. The van der Waals surface area contributed by atoms with Gasteiger partial charge in [0.1, 0.15) is 10.7 Å². The molecule has 2 aromatic rings. The second kappa shape index (κ2) is 5.80. The molecule has 0 aliphatic heterocycles. The molecule has 102 valence electrons. The quantitative estimate of drug-likeness (QED) is 0.925. The molecule has 0 spiro atoms. The van der Waals surface area contributed by atoms with E-state index in [2.05, 4.69) is 44.1 Å². The van der Waals surface area contributed by atoms with Gasteiger partial charge in [0.15, 0.2) is 0 Å². The summed E-state index contributed by atoms with van der Waals surface area (Å²) in [7, 11) is 1.97. The first-order valence-corrected chi connectivity index (χ1v) is 7.42. The lowest BCUT2D eigenvalue weighted by Gasteiger charge is -2.03. The molecule has 0 radical (unpaired) electrons. The molecule has 1 N–H and O–H groups in total. The van der Waals surface area contributed by atoms with Gasteiger partial charge in [0.2, 0.25) is 0 Å². The maximum atomic E-state index is 4.81. The summed E-state index contributed by atoms with van der Waals surface area (Å²) in [5.74, 6) is 0.444. The maximum absolute atomic E-state index is 4.81. The summed E-state index contributed by atoms with van der Waals surface area (Å²) in [4.78, 5) is 10.7. The lowest BCUT2D eigenvalue weighted by Crippen LogP contribution is -2.06. The molecule has 0 fully saturated rings. The summed E-state index contributed by atoms with van der Waals surface area (Å²) in [5.41, 5.74) is 4.59. The third-order valence-electron chi connectivity index (χ3n) is 3.03. The van der Waals surface area contributed by atoms with Crippen molar-refractivity contribution in [3.63, 3.8) is 0 Å². The van der Waals surface area contributed by atoms with E-state index in [1.54, 1.807) is 11.3 Å². The van der Waals surface area contributed by atoms with Gasteiger partial charge in [-0.2, -0.15) is 0 Å². The van der Waals surface area contributed by atoms with Gasteiger partial charge in [0.25, 0.3) is 0 Å². The molecular formula is C15H21N3S. The van der Waals surface area contributed by atoms with Crippen LogP contribution in [0.2, 0.25) is 0 Å². The van der Waals surface area contributed by atoms with Crippen molar-refractivity contribution in [2.45, 2.75) is 40.2 Å². The van der Waals surface area contributed by atoms with Crippen molar-refractivity contribution in [1.29, 1.82) is 0 Å². The Hall–Kier alpha value is -1.26. The van der Waals surface area contributed by atoms with E-state index in [1.807, 2.05) is 13.2 Å². The van der Waals surface area contributed by atoms with Crippen LogP contribution in [0.15, 0.2) is 12.3 Å². The Morgan fingerprint density at radius 2 is 2.05 bits per heavy atom. The Kier molecular flexibility index (Phi) is 4.32. The zero-order chi connectivity index (χ0) is 14.0. The summed E-state index contributed by atoms with van der Waals surface area (Å²) in [5, 5.41) is 4.25. The van der Waals surface area contributed by atoms with Gasteiger partial charge in [0.05, 0.1) is 5.69 Å². The minimum atomic E-state index is 0.444. The highest BCUT2D eigenvalue weighted by molar-refractivity contribution is 7.15. The molecule has 0 aromatic carbocycles. The van der Waals surface area contributed by atoms with E-state index in [-0.39, 0.29) is 0 Å². The Morgan fingerprint density at radius 1 is 1.32 bits per heavy atom. The highest BCUT2D eigenvalue weighted by Gasteiger charge is 2.16. The summed E-state index contributed by atoms with van der Waals surface area (Å²) >= 11 is 1.75. The maximum Gasteiger partial charge on any atom is 0.142 e. The Bertz CT molecular complexity index is 573. The van der Waals surface area contributed by atoms with Crippen LogP contribution in [0.5, 0.6) is 0 Å². The fourth-order valence-electron chi connectivity index (χ4n) is 2.14.